The van der Waals surface area contributed by atoms with Crippen LogP contribution in [-0.2, 0) is 11.3 Å². The Balaban J connectivity index is 1.50. The number of amides is 1. The van der Waals surface area contributed by atoms with E-state index in [1.54, 1.807) is 24.6 Å². The van der Waals surface area contributed by atoms with Crippen LogP contribution >= 0.6 is 11.3 Å². The van der Waals surface area contributed by atoms with Crippen molar-refractivity contribution < 1.29 is 9.53 Å². The topological polar surface area (TPSA) is 105 Å². The average Bonchev–Trinajstić information content (AvgIpc) is 3.19. The second kappa shape index (κ2) is 10.1. The monoisotopic (exact) mass is 477 g/mol. The molecule has 0 bridgehead atoms. The summed E-state index contributed by atoms with van der Waals surface area (Å²) in [5.74, 6) is 1.16. The lowest BCUT2D eigenvalue weighted by Gasteiger charge is -2.14. The lowest BCUT2D eigenvalue weighted by atomic mass is 9.99. The molecule has 2 N–H and O–H groups in total. The molecule has 0 saturated carbocycles. The van der Waals surface area contributed by atoms with E-state index in [9.17, 15) is 4.79 Å². The first kappa shape index (κ1) is 23.5. The smallest absolute Gasteiger partial charge is 0.243 e. The van der Waals surface area contributed by atoms with Crippen LogP contribution in [0, 0.1) is 13.8 Å². The Kier molecular flexibility index (Phi) is 6.99. The van der Waals surface area contributed by atoms with Crippen molar-refractivity contribution in [3.63, 3.8) is 0 Å². The number of fused-ring (bicyclic) bond motifs is 1. The van der Waals surface area contributed by atoms with Crippen molar-refractivity contribution >= 4 is 39.1 Å². The van der Waals surface area contributed by atoms with Gasteiger partial charge in [-0.1, -0.05) is 0 Å². The summed E-state index contributed by atoms with van der Waals surface area (Å²) >= 11 is 1.61. The number of methoxy groups -OCH3 is 1. The second-order valence-electron chi connectivity index (χ2n) is 8.23. The molecule has 34 heavy (non-hydrogen) atoms. The molecule has 0 aliphatic heterocycles. The molecule has 0 saturated heterocycles. The van der Waals surface area contributed by atoms with Gasteiger partial charge >= 0.3 is 0 Å². The Morgan fingerprint density at radius 3 is 2.59 bits per heavy atom. The summed E-state index contributed by atoms with van der Waals surface area (Å²) in [7, 11) is 5.37. The van der Waals surface area contributed by atoms with Gasteiger partial charge in [-0.15, -0.1) is 16.4 Å². The van der Waals surface area contributed by atoms with Gasteiger partial charge in [0.05, 0.1) is 42.3 Å². The van der Waals surface area contributed by atoms with Crippen molar-refractivity contribution in [2.24, 2.45) is 0 Å². The van der Waals surface area contributed by atoms with Gasteiger partial charge in [0.2, 0.25) is 11.9 Å². The largest absolute Gasteiger partial charge is 0.497 e. The first-order chi connectivity index (χ1) is 16.3. The molecule has 0 atom stereocenters. The Morgan fingerprint density at radius 2 is 1.88 bits per heavy atom. The first-order valence-corrected chi connectivity index (χ1v) is 11.6. The Hall–Kier alpha value is -3.63. The van der Waals surface area contributed by atoms with Crippen molar-refractivity contribution in [1.82, 2.24) is 25.1 Å². The van der Waals surface area contributed by atoms with Crippen molar-refractivity contribution in [1.29, 1.82) is 0 Å². The van der Waals surface area contributed by atoms with Crippen molar-refractivity contribution in [3.8, 4) is 17.0 Å². The molecular weight excluding hydrogens is 450 g/mol. The van der Waals surface area contributed by atoms with Crippen LogP contribution in [0.1, 0.15) is 16.1 Å². The van der Waals surface area contributed by atoms with Crippen LogP contribution in [0.15, 0.2) is 36.5 Å². The molecular formula is C24H27N7O2S. The number of nitrogens with zero attached hydrogens (tertiary/aromatic N) is 5. The zero-order valence-corrected chi connectivity index (χ0v) is 20.7. The molecule has 0 aliphatic rings. The van der Waals surface area contributed by atoms with Gasteiger partial charge in [-0.05, 0) is 63.3 Å². The number of aromatic nitrogens is 4. The lowest BCUT2D eigenvalue weighted by Crippen LogP contribution is -2.27. The van der Waals surface area contributed by atoms with Gasteiger partial charge in [0, 0.05) is 17.3 Å². The van der Waals surface area contributed by atoms with Crippen LogP contribution in [0.5, 0.6) is 5.75 Å². The van der Waals surface area contributed by atoms with Crippen LogP contribution in [-0.4, -0.2) is 58.7 Å². The van der Waals surface area contributed by atoms with E-state index in [-0.39, 0.29) is 5.91 Å². The van der Waals surface area contributed by atoms with Crippen molar-refractivity contribution in [2.45, 2.75) is 20.4 Å². The van der Waals surface area contributed by atoms with E-state index in [0.29, 0.717) is 24.7 Å². The zero-order valence-electron chi connectivity index (χ0n) is 19.8. The van der Waals surface area contributed by atoms with E-state index in [1.807, 2.05) is 63.2 Å². The standard InChI is InChI=1S/C24H27N7O2S/c1-14-8-16(27-21(32)13-31(3)4)9-15(2)23(14)19-11-26-30-24(29-19)25-12-22-28-18-10-17(33-5)6-7-20(18)34-22/h6-11H,12-13H2,1-5H3,(H,27,32)(H,25,29,30). The fourth-order valence-corrected chi connectivity index (χ4v) is 4.63. The number of likely N-dealkylation sites (N-methyl/N-ethyl adjacent to an activating group) is 1. The van der Waals surface area contributed by atoms with Crippen LogP contribution in [0.2, 0.25) is 0 Å². The summed E-state index contributed by atoms with van der Waals surface area (Å²) in [5.41, 5.74) is 5.33. The molecule has 4 aromatic rings. The molecule has 0 unspecified atom stereocenters. The fourth-order valence-electron chi connectivity index (χ4n) is 3.74. The highest BCUT2D eigenvalue weighted by molar-refractivity contribution is 7.18. The van der Waals surface area contributed by atoms with E-state index in [4.69, 9.17) is 4.74 Å². The quantitative estimate of drug-likeness (QED) is 0.394. The summed E-state index contributed by atoms with van der Waals surface area (Å²) in [4.78, 5) is 23.3. The third kappa shape index (κ3) is 5.46. The third-order valence-electron chi connectivity index (χ3n) is 5.13. The highest BCUT2D eigenvalue weighted by Crippen LogP contribution is 2.29. The zero-order chi connectivity index (χ0) is 24.2. The highest BCUT2D eigenvalue weighted by Gasteiger charge is 2.13. The SMILES string of the molecule is COc1ccc2sc(CNc3nncc(-c4c(C)cc(NC(=O)CN(C)C)cc4C)n3)nc2c1. The molecule has 176 valence electrons. The predicted molar refractivity (Wildman–Crippen MR) is 135 cm³/mol. The van der Waals surface area contributed by atoms with Crippen LogP contribution < -0.4 is 15.4 Å². The normalized spacial score (nSPS) is 11.1. The number of hydrogen-bond donors (Lipinski definition) is 2. The molecule has 9 nitrogen and oxygen atoms in total. The molecule has 0 fully saturated rings. The molecule has 0 aliphatic carbocycles. The minimum atomic E-state index is -0.0555. The van der Waals surface area contributed by atoms with Crippen LogP contribution in [0.4, 0.5) is 11.6 Å². The van der Waals surface area contributed by atoms with Gasteiger partial charge in [-0.2, -0.15) is 5.10 Å². The molecule has 4 rings (SSSR count). The Bertz CT molecular complexity index is 1310. The average molecular weight is 478 g/mol. The van der Waals surface area contributed by atoms with Crippen LogP contribution in [0.3, 0.4) is 0 Å². The number of carbonyl (C=O) groups excluding carboxylic acids is 1. The number of thiazole rings is 1. The molecule has 1 amide bonds. The summed E-state index contributed by atoms with van der Waals surface area (Å²) < 4.78 is 6.37. The Labute approximate surface area is 202 Å². The minimum Gasteiger partial charge on any atom is -0.497 e. The van der Waals surface area contributed by atoms with Crippen LogP contribution in [0.25, 0.3) is 21.5 Å². The number of aryl methyl sites for hydroxylation is 2. The van der Waals surface area contributed by atoms with Crippen molar-refractivity contribution in [3.05, 3.63) is 52.7 Å². The number of ether oxygens (including phenoxy) is 1. The third-order valence-corrected chi connectivity index (χ3v) is 6.16. The number of benzene rings is 2. The first-order valence-electron chi connectivity index (χ1n) is 10.8. The minimum absolute atomic E-state index is 0.0555. The molecule has 2 aromatic carbocycles. The number of rotatable bonds is 8. The summed E-state index contributed by atoms with van der Waals surface area (Å²) in [6.07, 6.45) is 1.65. The number of hydrogen-bond acceptors (Lipinski definition) is 9. The molecule has 10 heteroatoms. The van der Waals surface area contributed by atoms with Gasteiger partial charge in [-0.3, -0.25) is 4.79 Å². The fraction of sp³-hybridized carbons (Fsp3) is 0.292. The van der Waals surface area contributed by atoms with Gasteiger partial charge in [0.1, 0.15) is 10.8 Å². The molecule has 2 heterocycles. The Morgan fingerprint density at radius 1 is 1.12 bits per heavy atom. The van der Waals surface area contributed by atoms with Gasteiger partial charge in [0.15, 0.2) is 0 Å². The maximum Gasteiger partial charge on any atom is 0.243 e. The summed E-state index contributed by atoms with van der Waals surface area (Å²) in [5, 5.41) is 15.4. The number of carbonyl (C=O) groups is 1. The van der Waals surface area contributed by atoms with E-state index >= 15 is 0 Å². The summed E-state index contributed by atoms with van der Waals surface area (Å²) in [6.45, 7) is 4.80. The maximum absolute atomic E-state index is 12.1. The van der Waals surface area contributed by atoms with E-state index in [0.717, 1.165) is 43.4 Å². The van der Waals surface area contributed by atoms with E-state index in [1.165, 1.54) is 0 Å². The highest BCUT2D eigenvalue weighted by atomic mass is 32.1. The van der Waals surface area contributed by atoms with Gasteiger partial charge in [0.25, 0.3) is 0 Å². The predicted octanol–water partition coefficient (Wildman–Crippen LogP) is 3.89. The van der Waals surface area contributed by atoms with Crippen molar-refractivity contribution in [2.75, 3.05) is 38.4 Å². The maximum atomic E-state index is 12.1. The van der Waals surface area contributed by atoms with Gasteiger partial charge in [-0.25, -0.2) is 9.97 Å². The van der Waals surface area contributed by atoms with E-state index < -0.39 is 0 Å². The number of anilines is 2. The lowest BCUT2D eigenvalue weighted by molar-refractivity contribution is -0.116. The molecule has 0 spiro atoms. The summed E-state index contributed by atoms with van der Waals surface area (Å²) in [6, 6.07) is 9.75. The van der Waals surface area contributed by atoms with E-state index in [2.05, 4.69) is 30.8 Å². The van der Waals surface area contributed by atoms with Gasteiger partial charge < -0.3 is 20.3 Å². The second-order valence-corrected chi connectivity index (χ2v) is 9.35. The molecule has 0 radical (unpaired) electrons. The molecule has 2 aromatic heterocycles. The number of nitrogens with one attached hydrogen (secondary N) is 2.